The number of hydrogen-bond acceptors (Lipinski definition) is 8. The van der Waals surface area contributed by atoms with Gasteiger partial charge in [0.05, 0.1) is 24.9 Å². The van der Waals surface area contributed by atoms with Crippen LogP contribution < -0.4 is 0 Å². The van der Waals surface area contributed by atoms with E-state index >= 15 is 0 Å². The van der Waals surface area contributed by atoms with Crippen LogP contribution in [-0.2, 0) is 9.47 Å². The van der Waals surface area contributed by atoms with Gasteiger partial charge in [-0.15, -0.1) is 0 Å². The molecule has 8 nitrogen and oxygen atoms in total. The second kappa shape index (κ2) is 9.21. The number of hydrogen-bond donors (Lipinski definition) is 6. The third-order valence-corrected chi connectivity index (χ3v) is 4.07. The standard InChI is InChI=1S/C16H30O8/c1-9(10(18)4-6-16(2,3)22)5-7-23-15-14(21)13(20)12(19)11(8-17)24-15/h5,10-15,17-22H,4,6-8H2,1-3H3/t10?,11-,12-,13+,14-,15-/m1/s1. The average Bonchev–Trinajstić information content (AvgIpc) is 2.51. The van der Waals surface area contributed by atoms with Crippen LogP contribution in [0, 0.1) is 0 Å². The van der Waals surface area contributed by atoms with Crippen molar-refractivity contribution in [2.24, 2.45) is 0 Å². The summed E-state index contributed by atoms with van der Waals surface area (Å²) >= 11 is 0. The molecule has 1 fully saturated rings. The first-order valence-corrected chi connectivity index (χ1v) is 8.06. The zero-order chi connectivity index (χ0) is 18.5. The van der Waals surface area contributed by atoms with Gasteiger partial charge in [-0.2, -0.15) is 0 Å². The second-order valence-corrected chi connectivity index (χ2v) is 6.85. The van der Waals surface area contributed by atoms with E-state index in [1.165, 1.54) is 0 Å². The molecule has 0 amide bonds. The average molecular weight is 350 g/mol. The van der Waals surface area contributed by atoms with E-state index in [1.54, 1.807) is 26.8 Å². The van der Waals surface area contributed by atoms with E-state index < -0.39 is 49.0 Å². The summed E-state index contributed by atoms with van der Waals surface area (Å²) in [7, 11) is 0. The summed E-state index contributed by atoms with van der Waals surface area (Å²) in [6.07, 6.45) is -4.86. The number of rotatable bonds is 8. The largest absolute Gasteiger partial charge is 0.394 e. The third-order valence-electron chi connectivity index (χ3n) is 4.07. The Kier molecular flexibility index (Phi) is 8.24. The van der Waals surface area contributed by atoms with Crippen molar-refractivity contribution < 1.29 is 40.1 Å². The maximum absolute atomic E-state index is 10.0. The molecule has 0 bridgehead atoms. The van der Waals surface area contributed by atoms with E-state index in [-0.39, 0.29) is 6.61 Å². The molecule has 0 aromatic carbocycles. The van der Waals surface area contributed by atoms with Gasteiger partial charge >= 0.3 is 0 Å². The summed E-state index contributed by atoms with van der Waals surface area (Å²) in [6, 6.07) is 0. The molecule has 6 atom stereocenters. The van der Waals surface area contributed by atoms with Gasteiger partial charge in [-0.25, -0.2) is 0 Å². The highest BCUT2D eigenvalue weighted by Gasteiger charge is 2.43. The summed E-state index contributed by atoms with van der Waals surface area (Å²) < 4.78 is 10.5. The van der Waals surface area contributed by atoms with Crippen LogP contribution in [0.2, 0.25) is 0 Å². The smallest absolute Gasteiger partial charge is 0.187 e. The van der Waals surface area contributed by atoms with Crippen LogP contribution in [-0.4, -0.2) is 86.3 Å². The highest BCUT2D eigenvalue weighted by molar-refractivity contribution is 5.05. The lowest BCUT2D eigenvalue weighted by Crippen LogP contribution is -2.59. The van der Waals surface area contributed by atoms with Gasteiger partial charge in [-0.3, -0.25) is 0 Å². The monoisotopic (exact) mass is 350 g/mol. The van der Waals surface area contributed by atoms with Crippen molar-refractivity contribution in [3.8, 4) is 0 Å². The molecule has 142 valence electrons. The third kappa shape index (κ3) is 6.38. The van der Waals surface area contributed by atoms with Gasteiger partial charge in [0.1, 0.15) is 24.4 Å². The Morgan fingerprint density at radius 3 is 2.38 bits per heavy atom. The van der Waals surface area contributed by atoms with Gasteiger partial charge < -0.3 is 40.1 Å². The zero-order valence-corrected chi connectivity index (χ0v) is 14.4. The molecule has 6 N–H and O–H groups in total. The molecule has 24 heavy (non-hydrogen) atoms. The molecule has 8 heteroatoms. The van der Waals surface area contributed by atoms with E-state index in [4.69, 9.17) is 14.6 Å². The van der Waals surface area contributed by atoms with E-state index in [0.29, 0.717) is 18.4 Å². The molecule has 0 aromatic heterocycles. The van der Waals surface area contributed by atoms with Gasteiger partial charge in [-0.1, -0.05) is 6.08 Å². The van der Waals surface area contributed by atoms with Gasteiger partial charge in [-0.05, 0) is 39.2 Å². The summed E-state index contributed by atoms with van der Waals surface area (Å²) in [6.45, 7) is 4.54. The van der Waals surface area contributed by atoms with Crippen molar-refractivity contribution in [2.45, 2.75) is 76.0 Å². The molecule has 1 rings (SSSR count). The molecule has 0 saturated carbocycles. The van der Waals surface area contributed by atoms with Crippen LogP contribution in [0.1, 0.15) is 33.6 Å². The van der Waals surface area contributed by atoms with Gasteiger partial charge in [0.2, 0.25) is 0 Å². The lowest BCUT2D eigenvalue weighted by atomic mass is 9.97. The fourth-order valence-corrected chi connectivity index (χ4v) is 2.33. The fraction of sp³-hybridized carbons (Fsp3) is 0.875. The van der Waals surface area contributed by atoms with E-state index in [1.807, 2.05) is 0 Å². The topological polar surface area (TPSA) is 140 Å². The normalized spacial score (nSPS) is 33.5. The molecule has 1 aliphatic heterocycles. The Balaban J connectivity index is 2.49. The van der Waals surface area contributed by atoms with Crippen molar-refractivity contribution in [1.29, 1.82) is 0 Å². The number of aliphatic hydroxyl groups excluding tert-OH is 5. The fourth-order valence-electron chi connectivity index (χ4n) is 2.33. The minimum absolute atomic E-state index is 0.00804. The molecular weight excluding hydrogens is 320 g/mol. The van der Waals surface area contributed by atoms with Crippen LogP contribution in [0.15, 0.2) is 11.6 Å². The summed E-state index contributed by atoms with van der Waals surface area (Å²) in [5.41, 5.74) is -0.211. The summed E-state index contributed by atoms with van der Waals surface area (Å²) in [5, 5.41) is 57.9. The van der Waals surface area contributed by atoms with Crippen LogP contribution in [0.3, 0.4) is 0 Å². The molecule has 1 saturated heterocycles. The van der Waals surface area contributed by atoms with Crippen LogP contribution >= 0.6 is 0 Å². The van der Waals surface area contributed by atoms with E-state index in [2.05, 4.69) is 0 Å². The van der Waals surface area contributed by atoms with Crippen molar-refractivity contribution in [3.63, 3.8) is 0 Å². The van der Waals surface area contributed by atoms with Crippen LogP contribution in [0.25, 0.3) is 0 Å². The van der Waals surface area contributed by atoms with Crippen LogP contribution in [0.5, 0.6) is 0 Å². The lowest BCUT2D eigenvalue weighted by molar-refractivity contribution is -0.298. The molecule has 0 aromatic rings. The Morgan fingerprint density at radius 1 is 1.21 bits per heavy atom. The van der Waals surface area contributed by atoms with Crippen LogP contribution in [0.4, 0.5) is 0 Å². The molecule has 1 aliphatic rings. The van der Waals surface area contributed by atoms with Crippen molar-refractivity contribution in [2.75, 3.05) is 13.2 Å². The maximum Gasteiger partial charge on any atom is 0.187 e. The summed E-state index contributed by atoms with van der Waals surface area (Å²) in [5.74, 6) is 0. The summed E-state index contributed by atoms with van der Waals surface area (Å²) in [4.78, 5) is 0. The molecule has 1 unspecified atom stereocenters. The second-order valence-electron chi connectivity index (χ2n) is 6.85. The Labute approximate surface area is 142 Å². The van der Waals surface area contributed by atoms with Gasteiger partial charge in [0.15, 0.2) is 6.29 Å². The Morgan fingerprint density at radius 2 is 1.83 bits per heavy atom. The van der Waals surface area contributed by atoms with E-state index in [0.717, 1.165) is 0 Å². The first-order chi connectivity index (χ1) is 11.1. The Bertz CT molecular complexity index is 403. The molecule has 0 spiro atoms. The first-order valence-electron chi connectivity index (χ1n) is 8.06. The molecular formula is C16H30O8. The van der Waals surface area contributed by atoms with Crippen molar-refractivity contribution >= 4 is 0 Å². The van der Waals surface area contributed by atoms with Crippen molar-refractivity contribution in [3.05, 3.63) is 11.6 Å². The minimum atomic E-state index is -1.48. The van der Waals surface area contributed by atoms with Gasteiger partial charge in [0.25, 0.3) is 0 Å². The minimum Gasteiger partial charge on any atom is -0.394 e. The SMILES string of the molecule is CC(=CCO[C@@H]1O[C@H](CO)[C@@H](O)[C@H](O)[C@H]1O)C(O)CCC(C)(C)O. The Hall–Kier alpha value is -0.580. The van der Waals surface area contributed by atoms with Gasteiger partial charge in [0, 0.05) is 0 Å². The molecule has 0 aliphatic carbocycles. The van der Waals surface area contributed by atoms with E-state index in [9.17, 15) is 25.5 Å². The first kappa shape index (κ1) is 21.5. The lowest BCUT2D eigenvalue weighted by Gasteiger charge is -2.39. The predicted octanol–water partition coefficient (Wildman–Crippen LogP) is -1.34. The molecule has 0 radical (unpaired) electrons. The van der Waals surface area contributed by atoms with Crippen molar-refractivity contribution in [1.82, 2.24) is 0 Å². The number of aliphatic hydroxyl groups is 6. The molecule has 1 heterocycles. The maximum atomic E-state index is 10.0. The highest BCUT2D eigenvalue weighted by Crippen LogP contribution is 2.22. The highest BCUT2D eigenvalue weighted by atomic mass is 16.7. The number of ether oxygens (including phenoxy) is 2. The predicted molar refractivity (Wildman–Crippen MR) is 85.0 cm³/mol. The quantitative estimate of drug-likeness (QED) is 0.296. The zero-order valence-electron chi connectivity index (χ0n) is 14.4.